The Kier molecular flexibility index (Phi) is 12.9. The van der Waals surface area contributed by atoms with Crippen molar-refractivity contribution < 1.29 is 44.4 Å². The van der Waals surface area contributed by atoms with E-state index in [1.807, 2.05) is 0 Å². The molecule has 0 fully saturated rings. The molecule has 4 atom stereocenters. The first kappa shape index (κ1) is 27.2. The number of unbranched alkanes of at least 4 members (excludes halogenated alkanes) is 1. The first-order valence-electron chi connectivity index (χ1n) is 9.10. The van der Waals surface area contributed by atoms with Crippen molar-refractivity contribution in [3.8, 4) is 0 Å². The van der Waals surface area contributed by atoms with Crippen LogP contribution in [0.2, 0.25) is 0 Å². The lowest BCUT2D eigenvalue weighted by atomic mass is 10.1. The Labute approximate surface area is 172 Å². The lowest BCUT2D eigenvalue weighted by Crippen LogP contribution is -2.58. The molecule has 0 rings (SSSR count). The van der Waals surface area contributed by atoms with Crippen LogP contribution in [0.4, 0.5) is 0 Å². The van der Waals surface area contributed by atoms with E-state index < -0.39 is 73.5 Å². The van der Waals surface area contributed by atoms with Gasteiger partial charge in [-0.3, -0.25) is 19.2 Å². The molecule has 14 nitrogen and oxygen atoms in total. The van der Waals surface area contributed by atoms with Gasteiger partial charge in [0.1, 0.15) is 24.2 Å². The molecule has 0 heterocycles. The molecule has 0 saturated heterocycles. The van der Waals surface area contributed by atoms with Crippen molar-refractivity contribution >= 4 is 29.7 Å². The number of hydrogen-bond donors (Lipinski definition) is 9. The summed E-state index contributed by atoms with van der Waals surface area (Å²) in [7, 11) is 0. The Balaban J connectivity index is 5.38. The Morgan fingerprint density at radius 1 is 0.767 bits per heavy atom. The van der Waals surface area contributed by atoms with Gasteiger partial charge >= 0.3 is 11.9 Å². The number of nitrogens with one attached hydrogen (secondary N) is 3. The molecule has 3 amide bonds. The number of amides is 3. The molecular formula is C16H29N5O9. The zero-order chi connectivity index (χ0) is 23.3. The Morgan fingerprint density at radius 3 is 1.77 bits per heavy atom. The number of aliphatic hydroxyl groups excluding tert-OH is 2. The molecule has 0 aromatic carbocycles. The lowest BCUT2D eigenvalue weighted by Gasteiger charge is -2.24. The van der Waals surface area contributed by atoms with Gasteiger partial charge < -0.3 is 47.8 Å². The van der Waals surface area contributed by atoms with Crippen LogP contribution in [-0.2, 0) is 24.0 Å². The van der Waals surface area contributed by atoms with Gasteiger partial charge in [-0.1, -0.05) is 0 Å². The highest BCUT2D eigenvalue weighted by molar-refractivity contribution is 5.95. The third-order valence-corrected chi connectivity index (χ3v) is 3.92. The Hall–Kier alpha value is -2.81. The van der Waals surface area contributed by atoms with Gasteiger partial charge in [0.25, 0.3) is 0 Å². The van der Waals surface area contributed by atoms with E-state index in [4.69, 9.17) is 31.9 Å². The van der Waals surface area contributed by atoms with Gasteiger partial charge in [0.05, 0.1) is 19.6 Å². The van der Waals surface area contributed by atoms with Gasteiger partial charge in [-0.15, -0.1) is 0 Å². The lowest BCUT2D eigenvalue weighted by molar-refractivity contribution is -0.144. The smallest absolute Gasteiger partial charge is 0.328 e. The summed E-state index contributed by atoms with van der Waals surface area (Å²) >= 11 is 0. The number of hydrogen-bond acceptors (Lipinski definition) is 9. The van der Waals surface area contributed by atoms with E-state index in [0.717, 1.165) is 0 Å². The summed E-state index contributed by atoms with van der Waals surface area (Å²) in [5.41, 5.74) is 10.7. The second-order valence-electron chi connectivity index (χ2n) is 6.38. The standard InChI is InChI=1S/C16H29N5O9/c17-4-2-1-3-9(14(27)21-11(7-23)16(29)30)19-15(28)10(5-12(24)25)20-13(26)8(18)6-22/h8-11,22-23H,1-7,17-18H2,(H,19,28)(H,20,26)(H,21,27)(H,24,25)(H,29,30). The fourth-order valence-corrected chi connectivity index (χ4v) is 2.24. The average molecular weight is 435 g/mol. The molecule has 0 aliphatic heterocycles. The summed E-state index contributed by atoms with van der Waals surface area (Å²) in [4.78, 5) is 58.7. The van der Waals surface area contributed by atoms with Crippen LogP contribution >= 0.6 is 0 Å². The third kappa shape index (κ3) is 10.1. The van der Waals surface area contributed by atoms with Crippen LogP contribution in [0.25, 0.3) is 0 Å². The maximum absolute atomic E-state index is 12.5. The molecule has 0 aromatic heterocycles. The molecule has 0 aliphatic rings. The third-order valence-electron chi connectivity index (χ3n) is 3.92. The minimum atomic E-state index is -1.61. The first-order valence-corrected chi connectivity index (χ1v) is 9.10. The fourth-order valence-electron chi connectivity index (χ4n) is 2.24. The summed E-state index contributed by atoms with van der Waals surface area (Å²) in [6.45, 7) is -1.33. The summed E-state index contributed by atoms with van der Waals surface area (Å²) in [6.07, 6.45) is 0.0669. The minimum Gasteiger partial charge on any atom is -0.481 e. The van der Waals surface area contributed by atoms with Gasteiger partial charge in [-0.2, -0.15) is 0 Å². The number of carboxylic acids is 2. The monoisotopic (exact) mass is 435 g/mol. The molecule has 4 unspecified atom stereocenters. The van der Waals surface area contributed by atoms with E-state index in [1.54, 1.807) is 0 Å². The Bertz CT molecular complexity index is 616. The highest BCUT2D eigenvalue weighted by atomic mass is 16.4. The van der Waals surface area contributed by atoms with Crippen LogP contribution in [0.3, 0.4) is 0 Å². The topological polar surface area (TPSA) is 254 Å². The van der Waals surface area contributed by atoms with Crippen molar-refractivity contribution in [3.63, 3.8) is 0 Å². The molecule has 0 aromatic rings. The second-order valence-corrected chi connectivity index (χ2v) is 6.38. The minimum absolute atomic E-state index is 0.0381. The zero-order valence-corrected chi connectivity index (χ0v) is 16.2. The van der Waals surface area contributed by atoms with Gasteiger partial charge in [-0.05, 0) is 25.8 Å². The van der Waals surface area contributed by atoms with E-state index in [2.05, 4.69) is 16.0 Å². The van der Waals surface area contributed by atoms with Crippen LogP contribution < -0.4 is 27.4 Å². The Morgan fingerprint density at radius 2 is 1.30 bits per heavy atom. The highest BCUT2D eigenvalue weighted by Gasteiger charge is 2.31. The van der Waals surface area contributed by atoms with Crippen LogP contribution in [0.15, 0.2) is 0 Å². The number of carboxylic acid groups (broad SMARTS) is 2. The van der Waals surface area contributed by atoms with Gasteiger partial charge in [0, 0.05) is 0 Å². The SMILES string of the molecule is NCCCCC(NC(=O)C(CC(=O)O)NC(=O)C(N)CO)C(=O)NC(CO)C(=O)O. The predicted molar refractivity (Wildman–Crippen MR) is 101 cm³/mol. The van der Waals surface area contributed by atoms with Gasteiger partial charge in [0.15, 0.2) is 0 Å². The van der Waals surface area contributed by atoms with Crippen molar-refractivity contribution in [2.45, 2.75) is 49.9 Å². The van der Waals surface area contributed by atoms with E-state index >= 15 is 0 Å². The number of aliphatic hydroxyl groups is 2. The molecule has 0 spiro atoms. The average Bonchev–Trinajstić information content (AvgIpc) is 2.69. The van der Waals surface area contributed by atoms with Gasteiger partial charge in [-0.25, -0.2) is 4.79 Å². The molecule has 0 bridgehead atoms. The number of carbonyl (C=O) groups is 5. The summed E-state index contributed by atoms with van der Waals surface area (Å²) in [5.74, 6) is -5.85. The summed E-state index contributed by atoms with van der Waals surface area (Å²) < 4.78 is 0. The normalized spacial score (nSPS) is 14.7. The maximum Gasteiger partial charge on any atom is 0.328 e. The zero-order valence-electron chi connectivity index (χ0n) is 16.2. The van der Waals surface area contributed by atoms with Crippen molar-refractivity contribution in [3.05, 3.63) is 0 Å². The van der Waals surface area contributed by atoms with E-state index in [-0.39, 0.29) is 6.42 Å². The van der Waals surface area contributed by atoms with Crippen molar-refractivity contribution in [1.82, 2.24) is 16.0 Å². The van der Waals surface area contributed by atoms with Crippen LogP contribution in [0.1, 0.15) is 25.7 Å². The number of carbonyl (C=O) groups excluding carboxylic acids is 3. The van der Waals surface area contributed by atoms with Crippen molar-refractivity contribution in [2.24, 2.45) is 11.5 Å². The van der Waals surface area contributed by atoms with Gasteiger partial charge in [0.2, 0.25) is 17.7 Å². The number of rotatable bonds is 15. The molecule has 14 heteroatoms. The molecule has 0 aliphatic carbocycles. The number of nitrogens with two attached hydrogens (primary N) is 2. The molecule has 30 heavy (non-hydrogen) atoms. The molecule has 11 N–H and O–H groups in total. The second kappa shape index (κ2) is 14.2. The van der Waals surface area contributed by atoms with E-state index in [0.29, 0.717) is 19.4 Å². The molecular weight excluding hydrogens is 406 g/mol. The van der Waals surface area contributed by atoms with E-state index in [9.17, 15) is 24.0 Å². The van der Waals surface area contributed by atoms with Crippen molar-refractivity contribution in [2.75, 3.05) is 19.8 Å². The van der Waals surface area contributed by atoms with Crippen molar-refractivity contribution in [1.29, 1.82) is 0 Å². The van der Waals surface area contributed by atoms with Crippen LogP contribution in [0, 0.1) is 0 Å². The molecule has 0 saturated carbocycles. The first-order chi connectivity index (χ1) is 14.1. The molecule has 0 radical (unpaired) electrons. The maximum atomic E-state index is 12.5. The quantitative estimate of drug-likeness (QED) is 0.111. The van der Waals surface area contributed by atoms with Crippen LogP contribution in [0.5, 0.6) is 0 Å². The summed E-state index contributed by atoms with van der Waals surface area (Å²) in [5, 5.41) is 42.2. The largest absolute Gasteiger partial charge is 0.481 e. The van der Waals surface area contributed by atoms with Crippen LogP contribution in [-0.4, -0.2) is 94.0 Å². The fraction of sp³-hybridized carbons (Fsp3) is 0.688. The molecule has 172 valence electrons. The summed E-state index contributed by atoms with van der Waals surface area (Å²) in [6, 6.07) is -5.88. The number of aliphatic carboxylic acids is 2. The van der Waals surface area contributed by atoms with E-state index in [1.165, 1.54) is 0 Å². The predicted octanol–water partition coefficient (Wildman–Crippen LogP) is -4.56. The highest BCUT2D eigenvalue weighted by Crippen LogP contribution is 2.04.